The number of nitrogens with one attached hydrogen (secondary N) is 1. The zero-order valence-electron chi connectivity index (χ0n) is 19.5. The Kier molecular flexibility index (Phi) is 6.84. The van der Waals surface area contributed by atoms with E-state index in [1.807, 2.05) is 41.1 Å². The monoisotopic (exact) mass is 533 g/mol. The Morgan fingerprint density at radius 2 is 1.97 bits per heavy atom. The van der Waals surface area contributed by atoms with Crippen molar-refractivity contribution in [1.29, 1.82) is 0 Å². The Morgan fingerprint density at radius 3 is 2.69 bits per heavy atom. The first kappa shape index (κ1) is 24.9. The van der Waals surface area contributed by atoms with E-state index in [9.17, 15) is 15.0 Å². The number of rotatable bonds is 6. The zero-order chi connectivity index (χ0) is 25.6. The quantitative estimate of drug-likeness (QED) is 0.448. The predicted octanol–water partition coefficient (Wildman–Crippen LogP) is 2.73. The van der Waals surface area contributed by atoms with Gasteiger partial charge in [-0.2, -0.15) is 0 Å². The number of hydrogen-bond acceptors (Lipinski definition) is 7. The predicted molar refractivity (Wildman–Crippen MR) is 135 cm³/mol. The van der Waals surface area contributed by atoms with Crippen LogP contribution in [-0.2, 0) is 20.8 Å². The lowest BCUT2D eigenvalue weighted by molar-refractivity contribution is -0.224. The minimum atomic E-state index is -1.23. The maximum absolute atomic E-state index is 11.3. The van der Waals surface area contributed by atoms with E-state index in [2.05, 4.69) is 10.3 Å². The summed E-state index contributed by atoms with van der Waals surface area (Å²) in [7, 11) is 1.60. The number of benzene rings is 2. The maximum Gasteiger partial charge on any atom is 0.227 e. The molecule has 2 aromatic carbocycles. The first-order valence-corrected chi connectivity index (χ1v) is 12.1. The highest BCUT2D eigenvalue weighted by Crippen LogP contribution is 2.34. The number of ether oxygens (including phenoxy) is 3. The third kappa shape index (κ3) is 4.65. The minimum Gasteiger partial charge on any atom is -0.497 e. The van der Waals surface area contributed by atoms with Gasteiger partial charge in [0.15, 0.2) is 0 Å². The van der Waals surface area contributed by atoms with E-state index in [1.54, 1.807) is 13.2 Å². The van der Waals surface area contributed by atoms with Crippen LogP contribution < -0.4 is 10.1 Å². The van der Waals surface area contributed by atoms with E-state index in [0.29, 0.717) is 33.8 Å². The summed E-state index contributed by atoms with van der Waals surface area (Å²) in [5.41, 5.74) is 2.52. The largest absolute Gasteiger partial charge is 0.497 e. The Balaban J connectivity index is 1.48. The highest BCUT2D eigenvalue weighted by atomic mass is 35.5. The van der Waals surface area contributed by atoms with Gasteiger partial charge in [0.25, 0.3) is 0 Å². The first-order chi connectivity index (χ1) is 17.2. The van der Waals surface area contributed by atoms with Gasteiger partial charge in [0, 0.05) is 37.7 Å². The van der Waals surface area contributed by atoms with Crippen molar-refractivity contribution in [1.82, 2.24) is 9.88 Å². The second-order valence-corrected chi connectivity index (χ2v) is 9.62. The lowest BCUT2D eigenvalue weighted by Crippen LogP contribution is -2.58. The molecule has 1 amide bonds. The Labute approximate surface area is 217 Å². The van der Waals surface area contributed by atoms with Gasteiger partial charge in [-0.25, -0.2) is 4.99 Å². The average molecular weight is 534 g/mol. The van der Waals surface area contributed by atoms with Gasteiger partial charge in [0.2, 0.25) is 18.1 Å². The van der Waals surface area contributed by atoms with Gasteiger partial charge in [0.05, 0.1) is 28.2 Å². The van der Waals surface area contributed by atoms with Crippen molar-refractivity contribution >= 4 is 45.9 Å². The van der Waals surface area contributed by atoms with Crippen LogP contribution in [0.1, 0.15) is 18.1 Å². The molecule has 5 rings (SSSR count). The number of fused-ring (bicyclic) bond motifs is 2. The Morgan fingerprint density at radius 1 is 1.17 bits per heavy atom. The van der Waals surface area contributed by atoms with Crippen molar-refractivity contribution in [2.24, 2.45) is 4.99 Å². The molecule has 0 spiro atoms. The molecule has 3 aromatic rings. The van der Waals surface area contributed by atoms with Crippen LogP contribution in [0.5, 0.6) is 5.75 Å². The van der Waals surface area contributed by atoms with E-state index in [-0.39, 0.29) is 12.5 Å². The molecule has 2 aliphatic heterocycles. The molecule has 1 fully saturated rings. The summed E-state index contributed by atoms with van der Waals surface area (Å²) >= 11 is 12.3. The molecule has 0 saturated carbocycles. The summed E-state index contributed by atoms with van der Waals surface area (Å²) in [6, 6.07) is 10.3. The average Bonchev–Trinajstić information content (AvgIpc) is 3.44. The van der Waals surface area contributed by atoms with Crippen LogP contribution in [0.3, 0.4) is 0 Å². The normalized spacial score (nSPS) is 25.3. The van der Waals surface area contributed by atoms with E-state index in [1.165, 1.54) is 6.92 Å². The van der Waals surface area contributed by atoms with Crippen LogP contribution in [-0.4, -0.2) is 70.9 Å². The molecule has 190 valence electrons. The SMILES string of the molecule is COc1ccc2c(C3=N[C@@H]4C(O)[C@H](O)C(CNC(C)=O)O[C@@H]4O3)cn(Cc3ccc(Cl)c(Cl)c3)c2c1. The van der Waals surface area contributed by atoms with Crippen molar-refractivity contribution < 1.29 is 29.2 Å². The number of carbonyl (C=O) groups is 1. The fourth-order valence-electron chi connectivity index (χ4n) is 4.51. The molecular formula is C25H25Cl2N3O6. The van der Waals surface area contributed by atoms with Crippen molar-refractivity contribution in [2.45, 2.75) is 44.1 Å². The standard InChI is InChI=1S/C25H25Cl2N3O6/c1-12(31)28-9-20-22(32)23(33)21-25(35-20)36-24(29-21)16-11-30(10-13-3-6-17(26)18(27)7-13)19-8-14(34-2)4-5-15(16)19/h3-8,11,20-23,25,32-33H,9-10H2,1-2H3,(H,28,31)/t20?,21-,22-,23?,25-/m1/s1. The second-order valence-electron chi connectivity index (χ2n) is 8.81. The van der Waals surface area contributed by atoms with Crippen LogP contribution in [0.15, 0.2) is 47.6 Å². The third-order valence-corrected chi connectivity index (χ3v) is 7.11. The van der Waals surface area contributed by atoms with E-state index in [0.717, 1.165) is 16.5 Å². The zero-order valence-corrected chi connectivity index (χ0v) is 21.0. The molecule has 1 aromatic heterocycles. The molecule has 3 heterocycles. The second kappa shape index (κ2) is 9.91. The lowest BCUT2D eigenvalue weighted by atomic mass is 9.97. The molecule has 11 heteroatoms. The molecule has 9 nitrogen and oxygen atoms in total. The van der Waals surface area contributed by atoms with E-state index >= 15 is 0 Å². The number of nitrogens with zero attached hydrogens (tertiary/aromatic N) is 2. The fraction of sp³-hybridized carbons (Fsp3) is 0.360. The van der Waals surface area contributed by atoms with Gasteiger partial charge in [-0.3, -0.25) is 4.79 Å². The van der Waals surface area contributed by atoms with Gasteiger partial charge < -0.3 is 34.3 Å². The lowest BCUT2D eigenvalue weighted by Gasteiger charge is -2.37. The topological polar surface area (TPSA) is 115 Å². The molecule has 36 heavy (non-hydrogen) atoms. The van der Waals surface area contributed by atoms with Crippen molar-refractivity contribution in [2.75, 3.05) is 13.7 Å². The highest BCUT2D eigenvalue weighted by Gasteiger charge is 2.49. The van der Waals surface area contributed by atoms with Gasteiger partial charge >= 0.3 is 0 Å². The first-order valence-electron chi connectivity index (χ1n) is 11.4. The van der Waals surface area contributed by atoms with Gasteiger partial charge in [-0.15, -0.1) is 0 Å². The van der Waals surface area contributed by atoms with Crippen LogP contribution in [0, 0.1) is 0 Å². The molecule has 2 unspecified atom stereocenters. The Bertz CT molecular complexity index is 1340. The number of methoxy groups -OCH3 is 1. The van der Waals surface area contributed by atoms with Crippen LogP contribution >= 0.6 is 23.2 Å². The number of aliphatic imine (C=N–C) groups is 1. The Hall–Kier alpha value is -2.82. The van der Waals surface area contributed by atoms with E-state index < -0.39 is 30.6 Å². The van der Waals surface area contributed by atoms with Crippen molar-refractivity contribution in [3.8, 4) is 5.75 Å². The molecule has 0 aliphatic carbocycles. The molecule has 0 bridgehead atoms. The van der Waals surface area contributed by atoms with Crippen LogP contribution in [0.4, 0.5) is 0 Å². The van der Waals surface area contributed by atoms with Gasteiger partial charge in [0.1, 0.15) is 30.1 Å². The molecule has 2 aliphatic rings. The highest BCUT2D eigenvalue weighted by molar-refractivity contribution is 6.42. The minimum absolute atomic E-state index is 0.0399. The number of halogens is 2. The van der Waals surface area contributed by atoms with Crippen molar-refractivity contribution in [3.63, 3.8) is 0 Å². The summed E-state index contributed by atoms with van der Waals surface area (Å²) in [6.45, 7) is 1.90. The van der Waals surface area contributed by atoms with Gasteiger partial charge in [-0.05, 0) is 29.8 Å². The smallest absolute Gasteiger partial charge is 0.227 e. The number of carbonyl (C=O) groups excluding carboxylic acids is 1. The number of amides is 1. The summed E-state index contributed by atoms with van der Waals surface area (Å²) in [4.78, 5) is 15.9. The van der Waals surface area contributed by atoms with E-state index in [4.69, 9.17) is 37.4 Å². The summed E-state index contributed by atoms with van der Waals surface area (Å²) in [5, 5.41) is 25.6. The number of aromatic nitrogens is 1. The molecular weight excluding hydrogens is 509 g/mol. The third-order valence-electron chi connectivity index (χ3n) is 6.37. The molecule has 3 N–H and O–H groups in total. The van der Waals surface area contributed by atoms with Gasteiger partial charge in [-0.1, -0.05) is 29.3 Å². The van der Waals surface area contributed by atoms with Crippen LogP contribution in [0.25, 0.3) is 10.9 Å². The maximum atomic E-state index is 11.3. The molecule has 1 saturated heterocycles. The fourth-order valence-corrected chi connectivity index (χ4v) is 4.83. The molecule has 0 radical (unpaired) electrons. The molecule has 5 atom stereocenters. The summed E-state index contributed by atoms with van der Waals surface area (Å²) in [5.74, 6) is 0.713. The summed E-state index contributed by atoms with van der Waals surface area (Å²) < 4.78 is 19.3. The number of hydrogen-bond donors (Lipinski definition) is 3. The number of aliphatic hydroxyl groups excluding tert-OH is 2. The van der Waals surface area contributed by atoms with Crippen LogP contribution in [0.2, 0.25) is 10.0 Å². The summed E-state index contributed by atoms with van der Waals surface area (Å²) in [6.07, 6.45) is -2.28. The van der Waals surface area contributed by atoms with Crippen molar-refractivity contribution in [3.05, 3.63) is 63.8 Å². The number of aliphatic hydroxyl groups is 2.